The highest BCUT2D eigenvalue weighted by Crippen LogP contribution is 2.13. The highest BCUT2D eigenvalue weighted by molar-refractivity contribution is 5.76. The van der Waals surface area contributed by atoms with E-state index in [9.17, 15) is 4.79 Å². The number of rotatable bonds is 1. The van der Waals surface area contributed by atoms with Crippen LogP contribution in [0.1, 0.15) is 12.5 Å². The van der Waals surface area contributed by atoms with Crippen LogP contribution in [0.15, 0.2) is 35.3 Å². The van der Waals surface area contributed by atoms with Gasteiger partial charge >= 0.3 is 0 Å². The van der Waals surface area contributed by atoms with Crippen molar-refractivity contribution in [1.82, 2.24) is 9.38 Å². The molecule has 0 radical (unpaired) electrons. The lowest BCUT2D eigenvalue weighted by atomic mass is 10.2. The van der Waals surface area contributed by atoms with E-state index < -0.39 is 0 Å². The molecule has 98 valence electrons. The van der Waals surface area contributed by atoms with Crippen LogP contribution in [0.5, 0.6) is 0 Å². The third-order valence-corrected chi connectivity index (χ3v) is 3.30. The van der Waals surface area contributed by atoms with Gasteiger partial charge in [0.15, 0.2) is 0 Å². The minimum atomic E-state index is -0.204. The number of nitrogens with two attached hydrogens (primary N) is 1. The quantitative estimate of drug-likeness (QED) is 0.516. The molecule has 3 aromatic rings. The molecular weight excluding hydrogens is 254 g/mol. The van der Waals surface area contributed by atoms with Gasteiger partial charge in [0.2, 0.25) is 11.5 Å². The van der Waals surface area contributed by atoms with Crippen LogP contribution in [0.3, 0.4) is 0 Å². The Labute approximate surface area is 114 Å². The number of fused-ring (bicyclic) bond motifs is 2. The Morgan fingerprint density at radius 2 is 2.30 bits per heavy atom. The molecule has 3 heterocycles. The molecule has 0 aliphatic rings. The molecule has 0 aliphatic carbocycles. The lowest BCUT2D eigenvalue weighted by molar-refractivity contribution is -0.655. The van der Waals surface area contributed by atoms with Gasteiger partial charge in [-0.25, -0.2) is 4.57 Å². The van der Waals surface area contributed by atoms with E-state index in [4.69, 9.17) is 11.0 Å². The normalized spacial score (nSPS) is 10.8. The predicted molar refractivity (Wildman–Crippen MR) is 74.0 cm³/mol. The molecule has 0 saturated carbocycles. The van der Waals surface area contributed by atoms with Crippen LogP contribution in [-0.2, 0) is 6.54 Å². The lowest BCUT2D eigenvalue weighted by Gasteiger charge is -2.07. The van der Waals surface area contributed by atoms with Crippen molar-refractivity contribution in [2.24, 2.45) is 0 Å². The zero-order valence-electron chi connectivity index (χ0n) is 10.9. The highest BCUT2D eigenvalue weighted by atomic mass is 16.1. The molecule has 6 nitrogen and oxygen atoms in total. The van der Waals surface area contributed by atoms with Crippen molar-refractivity contribution in [1.29, 1.82) is 5.26 Å². The van der Waals surface area contributed by atoms with Gasteiger partial charge in [-0.3, -0.25) is 9.20 Å². The summed E-state index contributed by atoms with van der Waals surface area (Å²) in [6.45, 7) is 2.43. The van der Waals surface area contributed by atoms with Gasteiger partial charge in [0.1, 0.15) is 17.0 Å². The molecule has 6 heteroatoms. The lowest BCUT2D eigenvalue weighted by Crippen LogP contribution is -2.40. The molecule has 0 atom stereocenters. The molecule has 3 aromatic heterocycles. The Balaban J connectivity index is 2.62. The zero-order valence-corrected chi connectivity index (χ0v) is 10.9. The minimum Gasteiger partial charge on any atom is -0.317 e. The van der Waals surface area contributed by atoms with Gasteiger partial charge < -0.3 is 5.73 Å². The summed E-state index contributed by atoms with van der Waals surface area (Å²) in [5.41, 5.74) is 7.09. The first-order valence-corrected chi connectivity index (χ1v) is 6.21. The second-order valence-electron chi connectivity index (χ2n) is 4.38. The average Bonchev–Trinajstić information content (AvgIpc) is 2.47. The Kier molecular flexibility index (Phi) is 2.61. The van der Waals surface area contributed by atoms with Crippen LogP contribution in [0, 0.1) is 11.3 Å². The summed E-state index contributed by atoms with van der Waals surface area (Å²) < 4.78 is 3.14. The summed E-state index contributed by atoms with van der Waals surface area (Å²) in [6, 6.07) is 8.86. The van der Waals surface area contributed by atoms with E-state index in [1.54, 1.807) is 22.9 Å². The maximum atomic E-state index is 12.5. The fraction of sp³-hybridized carbons (Fsp3) is 0.143. The fourth-order valence-electron chi connectivity index (χ4n) is 2.31. The van der Waals surface area contributed by atoms with Crippen molar-refractivity contribution in [2.45, 2.75) is 13.5 Å². The maximum Gasteiger partial charge on any atom is 0.278 e. The van der Waals surface area contributed by atoms with Crippen LogP contribution < -0.4 is 15.9 Å². The number of anilines is 1. The first kappa shape index (κ1) is 12.1. The van der Waals surface area contributed by atoms with Crippen molar-refractivity contribution in [3.63, 3.8) is 0 Å². The summed E-state index contributed by atoms with van der Waals surface area (Å²) in [7, 11) is 0. The van der Waals surface area contributed by atoms with E-state index in [0.29, 0.717) is 29.0 Å². The van der Waals surface area contributed by atoms with Crippen LogP contribution >= 0.6 is 0 Å². The number of hydrogen-bond donors (Lipinski definition) is 1. The van der Waals surface area contributed by atoms with Gasteiger partial charge in [-0.15, -0.1) is 0 Å². The molecule has 20 heavy (non-hydrogen) atoms. The number of pyridine rings is 2. The molecule has 0 saturated heterocycles. The number of aryl methyl sites for hydroxylation is 1. The van der Waals surface area contributed by atoms with Gasteiger partial charge in [0.25, 0.3) is 11.2 Å². The number of aromatic nitrogens is 3. The fourth-order valence-corrected chi connectivity index (χ4v) is 2.31. The molecule has 0 amide bonds. The topological polar surface area (TPSA) is 88.1 Å². The van der Waals surface area contributed by atoms with E-state index in [1.807, 2.05) is 19.1 Å². The average molecular weight is 266 g/mol. The van der Waals surface area contributed by atoms with Crippen molar-refractivity contribution in [3.8, 4) is 6.07 Å². The monoisotopic (exact) mass is 266 g/mol. The van der Waals surface area contributed by atoms with Crippen molar-refractivity contribution in [3.05, 3.63) is 46.4 Å². The second kappa shape index (κ2) is 4.31. The standard InChI is InChI=1S/C14H11N5O/c1-2-18-12(16)9(8-15)7-10-13(18)17-11-5-3-4-6-19(11)14(10)20/h3-7,16H,2H2,1H3/p+1. The minimum absolute atomic E-state index is 0.204. The van der Waals surface area contributed by atoms with Crippen molar-refractivity contribution >= 4 is 22.5 Å². The largest absolute Gasteiger partial charge is 0.317 e. The molecule has 0 fully saturated rings. The van der Waals surface area contributed by atoms with Gasteiger partial charge in [0, 0.05) is 6.20 Å². The number of nitrogens with zero attached hydrogens (tertiary/aromatic N) is 4. The molecule has 2 N–H and O–H groups in total. The predicted octanol–water partition coefficient (Wildman–Crippen LogP) is 0.609. The second-order valence-corrected chi connectivity index (χ2v) is 4.38. The molecule has 0 aliphatic heterocycles. The van der Waals surface area contributed by atoms with Gasteiger partial charge in [-0.1, -0.05) is 11.1 Å². The van der Waals surface area contributed by atoms with Gasteiger partial charge in [0.05, 0.1) is 6.54 Å². The maximum absolute atomic E-state index is 12.5. The molecule has 0 aromatic carbocycles. The SMILES string of the molecule is CC[n+]1c(N)c(C#N)cc2c(=O)n3ccccc3nc21. The van der Waals surface area contributed by atoms with Crippen molar-refractivity contribution < 1.29 is 4.57 Å². The summed E-state index contributed by atoms with van der Waals surface area (Å²) in [5.74, 6) is 0.328. The Morgan fingerprint density at radius 3 is 3.00 bits per heavy atom. The van der Waals surface area contributed by atoms with Crippen LogP contribution in [0.4, 0.5) is 5.82 Å². The first-order valence-electron chi connectivity index (χ1n) is 6.21. The summed E-state index contributed by atoms with van der Waals surface area (Å²) >= 11 is 0. The Morgan fingerprint density at radius 1 is 1.50 bits per heavy atom. The van der Waals surface area contributed by atoms with Gasteiger partial charge in [-0.2, -0.15) is 5.26 Å². The third kappa shape index (κ3) is 1.53. The first-order chi connectivity index (χ1) is 9.67. The molecule has 0 unspecified atom stereocenters. The van der Waals surface area contributed by atoms with E-state index in [1.165, 1.54) is 10.5 Å². The molecular formula is C14H12N5O+. The van der Waals surface area contributed by atoms with Crippen LogP contribution in [-0.4, -0.2) is 9.38 Å². The summed E-state index contributed by atoms with van der Waals surface area (Å²) in [5, 5.41) is 9.52. The van der Waals surface area contributed by atoms with Gasteiger partial charge in [-0.05, 0) is 25.1 Å². The van der Waals surface area contributed by atoms with Crippen molar-refractivity contribution in [2.75, 3.05) is 5.73 Å². The van der Waals surface area contributed by atoms with E-state index in [-0.39, 0.29) is 11.1 Å². The Bertz CT molecular complexity index is 936. The molecule has 3 rings (SSSR count). The van der Waals surface area contributed by atoms with E-state index >= 15 is 0 Å². The number of nitrogen functional groups attached to an aromatic ring is 1. The smallest absolute Gasteiger partial charge is 0.278 e. The summed E-state index contributed by atoms with van der Waals surface area (Å²) in [4.78, 5) is 17.0. The molecule has 0 bridgehead atoms. The number of hydrogen-bond acceptors (Lipinski definition) is 4. The Hall–Kier alpha value is -2.94. The highest BCUT2D eigenvalue weighted by Gasteiger charge is 2.19. The third-order valence-electron chi connectivity index (χ3n) is 3.30. The zero-order chi connectivity index (χ0) is 14.3. The van der Waals surface area contributed by atoms with E-state index in [2.05, 4.69) is 4.98 Å². The van der Waals surface area contributed by atoms with Crippen LogP contribution in [0.2, 0.25) is 0 Å². The van der Waals surface area contributed by atoms with E-state index in [0.717, 1.165) is 0 Å². The van der Waals surface area contributed by atoms with Crippen LogP contribution in [0.25, 0.3) is 16.7 Å². The molecule has 0 spiro atoms. The number of nitriles is 1. The summed E-state index contributed by atoms with van der Waals surface area (Å²) in [6.07, 6.45) is 1.66.